The zero-order valence-corrected chi connectivity index (χ0v) is 25.3. The predicted octanol–water partition coefficient (Wildman–Crippen LogP) is 10.5. The first-order valence-electron chi connectivity index (χ1n) is 15.9. The largest absolute Gasteiger partial charge is 0.399 e. The minimum Gasteiger partial charge on any atom is -0.399 e. The van der Waals surface area contributed by atoms with Crippen LogP contribution in [0.15, 0.2) is 97.1 Å². The number of hydrogen-bond donors (Lipinski definition) is 2. The molecule has 2 unspecified atom stereocenters. The molecule has 0 radical (unpaired) electrons. The van der Waals surface area contributed by atoms with Crippen molar-refractivity contribution in [3.63, 3.8) is 0 Å². The molecule has 4 aromatic rings. The quantitative estimate of drug-likeness (QED) is 0.108. The van der Waals surface area contributed by atoms with E-state index < -0.39 is 0 Å². The van der Waals surface area contributed by atoms with Gasteiger partial charge in [-0.3, -0.25) is 0 Å². The van der Waals surface area contributed by atoms with Crippen LogP contribution in [-0.2, 0) is 12.8 Å². The first-order valence-corrected chi connectivity index (χ1v) is 15.9. The van der Waals surface area contributed by atoms with E-state index in [1.54, 1.807) is 0 Å². The minimum atomic E-state index is 0.395. The predicted molar refractivity (Wildman–Crippen MR) is 179 cm³/mol. The molecule has 4 aromatic carbocycles. The second-order valence-corrected chi connectivity index (χ2v) is 11.9. The van der Waals surface area contributed by atoms with Gasteiger partial charge in [-0.15, -0.1) is 0 Å². The standard InChI is InChI=1S/C39H50N2/c1-30(36-22-26-38(40)27-23-36)34-18-14-32(15-19-34)12-10-8-6-4-3-5-7-9-11-13-33-16-20-35(21-17-33)31(2)37-24-28-39(41)29-25-37/h14-31H,3-13,40-41H2,1-2H3. The van der Waals surface area contributed by atoms with Gasteiger partial charge in [0.05, 0.1) is 0 Å². The van der Waals surface area contributed by atoms with E-state index in [-0.39, 0.29) is 0 Å². The average Bonchev–Trinajstić information content (AvgIpc) is 3.00. The van der Waals surface area contributed by atoms with Gasteiger partial charge in [0.15, 0.2) is 0 Å². The number of aryl methyl sites for hydroxylation is 2. The molecule has 0 aliphatic carbocycles. The van der Waals surface area contributed by atoms with E-state index in [2.05, 4.69) is 86.6 Å². The first-order chi connectivity index (χ1) is 20.0. The third-order valence-corrected chi connectivity index (χ3v) is 8.76. The average molecular weight is 547 g/mol. The summed E-state index contributed by atoms with van der Waals surface area (Å²) in [6, 6.07) is 35.0. The van der Waals surface area contributed by atoms with Crippen LogP contribution in [0.5, 0.6) is 0 Å². The summed E-state index contributed by atoms with van der Waals surface area (Å²) in [6.45, 7) is 4.54. The van der Waals surface area contributed by atoms with Crippen LogP contribution in [0.4, 0.5) is 11.4 Å². The molecular weight excluding hydrogens is 496 g/mol. The molecule has 0 amide bonds. The summed E-state index contributed by atoms with van der Waals surface area (Å²) in [6.07, 6.45) is 14.5. The molecule has 0 heterocycles. The molecule has 0 bridgehead atoms. The molecule has 0 saturated carbocycles. The molecule has 0 aliphatic rings. The summed E-state index contributed by atoms with van der Waals surface area (Å²) < 4.78 is 0. The number of anilines is 2. The van der Waals surface area contributed by atoms with Gasteiger partial charge in [-0.25, -0.2) is 0 Å². The van der Waals surface area contributed by atoms with Crippen molar-refractivity contribution in [3.8, 4) is 0 Å². The fourth-order valence-electron chi connectivity index (χ4n) is 5.80. The highest BCUT2D eigenvalue weighted by Gasteiger charge is 2.09. The molecule has 4 rings (SSSR count). The van der Waals surface area contributed by atoms with Gasteiger partial charge >= 0.3 is 0 Å². The highest BCUT2D eigenvalue weighted by molar-refractivity contribution is 5.44. The van der Waals surface area contributed by atoms with Crippen LogP contribution in [0.3, 0.4) is 0 Å². The fraction of sp³-hybridized carbons (Fsp3) is 0.385. The smallest absolute Gasteiger partial charge is 0.0314 e. The van der Waals surface area contributed by atoms with Crippen molar-refractivity contribution in [2.45, 2.75) is 96.3 Å². The molecule has 2 heteroatoms. The summed E-state index contributed by atoms with van der Waals surface area (Å²) in [4.78, 5) is 0. The van der Waals surface area contributed by atoms with E-state index >= 15 is 0 Å². The van der Waals surface area contributed by atoms with Gasteiger partial charge in [0, 0.05) is 23.2 Å². The summed E-state index contributed by atoms with van der Waals surface area (Å²) >= 11 is 0. The third kappa shape index (κ3) is 9.81. The SMILES string of the molecule is CC(c1ccc(N)cc1)c1ccc(CCCCCCCCCCCc2ccc(C(C)c3ccc(N)cc3)cc2)cc1. The molecule has 4 N–H and O–H groups in total. The Morgan fingerprint density at radius 3 is 0.902 bits per heavy atom. The number of nitrogens with two attached hydrogens (primary N) is 2. The maximum Gasteiger partial charge on any atom is 0.0314 e. The summed E-state index contributed by atoms with van der Waals surface area (Å²) in [5.74, 6) is 0.790. The van der Waals surface area contributed by atoms with Gasteiger partial charge in [-0.2, -0.15) is 0 Å². The third-order valence-electron chi connectivity index (χ3n) is 8.76. The Balaban J connectivity index is 1.01. The van der Waals surface area contributed by atoms with Gasteiger partial charge in [0.2, 0.25) is 0 Å². The van der Waals surface area contributed by atoms with Crippen molar-refractivity contribution in [2.24, 2.45) is 0 Å². The molecule has 41 heavy (non-hydrogen) atoms. The Morgan fingerprint density at radius 2 is 0.610 bits per heavy atom. The Labute approximate surface area is 249 Å². The van der Waals surface area contributed by atoms with Crippen molar-refractivity contribution >= 4 is 11.4 Å². The minimum absolute atomic E-state index is 0.395. The molecule has 2 nitrogen and oxygen atoms in total. The van der Waals surface area contributed by atoms with E-state index in [0.29, 0.717) is 11.8 Å². The summed E-state index contributed by atoms with van der Waals surface area (Å²) in [5, 5.41) is 0. The topological polar surface area (TPSA) is 52.0 Å². The molecule has 0 spiro atoms. The normalized spacial score (nSPS) is 12.7. The van der Waals surface area contributed by atoms with Gasteiger partial charge in [-0.05, 0) is 83.3 Å². The monoisotopic (exact) mass is 546 g/mol. The van der Waals surface area contributed by atoms with Crippen molar-refractivity contribution in [2.75, 3.05) is 11.5 Å². The maximum absolute atomic E-state index is 5.84. The van der Waals surface area contributed by atoms with Gasteiger partial charge in [-0.1, -0.05) is 132 Å². The van der Waals surface area contributed by atoms with Crippen LogP contribution < -0.4 is 11.5 Å². The molecule has 0 saturated heterocycles. The van der Waals surface area contributed by atoms with Crippen molar-refractivity contribution in [1.82, 2.24) is 0 Å². The number of hydrogen-bond acceptors (Lipinski definition) is 2. The second kappa shape index (κ2) is 16.1. The molecule has 0 aliphatic heterocycles. The lowest BCUT2D eigenvalue weighted by Crippen LogP contribution is -1.97. The van der Waals surface area contributed by atoms with Crippen LogP contribution in [0, 0.1) is 0 Å². The summed E-state index contributed by atoms with van der Waals surface area (Å²) in [5.41, 5.74) is 21.6. The van der Waals surface area contributed by atoms with E-state index in [1.807, 2.05) is 24.3 Å². The van der Waals surface area contributed by atoms with Crippen molar-refractivity contribution < 1.29 is 0 Å². The molecule has 2 atom stereocenters. The van der Waals surface area contributed by atoms with Crippen molar-refractivity contribution in [3.05, 3.63) is 130 Å². The lowest BCUT2D eigenvalue weighted by Gasteiger charge is -2.13. The highest BCUT2D eigenvalue weighted by atomic mass is 14.5. The van der Waals surface area contributed by atoms with Crippen LogP contribution >= 0.6 is 0 Å². The second-order valence-electron chi connectivity index (χ2n) is 11.9. The van der Waals surface area contributed by atoms with Crippen LogP contribution in [-0.4, -0.2) is 0 Å². The number of nitrogen functional groups attached to an aromatic ring is 2. The van der Waals surface area contributed by atoms with Crippen LogP contribution in [0.2, 0.25) is 0 Å². The number of rotatable bonds is 16. The lowest BCUT2D eigenvalue weighted by atomic mass is 9.92. The fourth-order valence-corrected chi connectivity index (χ4v) is 5.80. The highest BCUT2D eigenvalue weighted by Crippen LogP contribution is 2.27. The Bertz CT molecular complexity index is 1170. The molecule has 0 fully saturated rings. The van der Waals surface area contributed by atoms with Crippen LogP contribution in [0.1, 0.15) is 117 Å². The first kappa shape index (κ1) is 30.4. The lowest BCUT2D eigenvalue weighted by molar-refractivity contribution is 0.558. The van der Waals surface area contributed by atoms with E-state index in [0.717, 1.165) is 11.4 Å². The Hall–Kier alpha value is -3.52. The number of benzene rings is 4. The molecule has 216 valence electrons. The van der Waals surface area contributed by atoms with Gasteiger partial charge in [0.25, 0.3) is 0 Å². The zero-order chi connectivity index (χ0) is 28.9. The van der Waals surface area contributed by atoms with Crippen LogP contribution in [0.25, 0.3) is 0 Å². The Morgan fingerprint density at radius 1 is 0.366 bits per heavy atom. The van der Waals surface area contributed by atoms with E-state index in [9.17, 15) is 0 Å². The van der Waals surface area contributed by atoms with Crippen molar-refractivity contribution in [1.29, 1.82) is 0 Å². The van der Waals surface area contributed by atoms with E-state index in [4.69, 9.17) is 11.5 Å². The maximum atomic E-state index is 5.84. The molecular formula is C39H50N2. The number of unbranched alkanes of at least 4 members (excludes halogenated alkanes) is 8. The zero-order valence-electron chi connectivity index (χ0n) is 25.3. The summed E-state index contributed by atoms with van der Waals surface area (Å²) in [7, 11) is 0. The Kier molecular flexibility index (Phi) is 11.9. The van der Waals surface area contributed by atoms with Gasteiger partial charge < -0.3 is 11.5 Å². The van der Waals surface area contributed by atoms with Gasteiger partial charge in [0.1, 0.15) is 0 Å². The van der Waals surface area contributed by atoms with E-state index in [1.165, 1.54) is 104 Å². The molecule has 0 aromatic heterocycles.